The normalized spacial score (nSPS) is 21.8. The third kappa shape index (κ3) is 4.16. The zero-order valence-corrected chi connectivity index (χ0v) is 16.0. The fraction of sp³-hybridized carbons (Fsp3) is 0.391. The molecule has 152 valence electrons. The predicted molar refractivity (Wildman–Crippen MR) is 104 cm³/mol. The Morgan fingerprint density at radius 1 is 1.07 bits per heavy atom. The van der Waals surface area contributed by atoms with E-state index >= 15 is 0 Å². The highest BCUT2D eigenvalue weighted by Crippen LogP contribution is 2.49. The Balaban J connectivity index is 1.33. The molecule has 0 radical (unpaired) electrons. The number of rotatable bonds is 5. The summed E-state index contributed by atoms with van der Waals surface area (Å²) in [4.78, 5) is 26.0. The van der Waals surface area contributed by atoms with Crippen molar-refractivity contribution in [3.05, 3.63) is 70.8 Å². The van der Waals surface area contributed by atoms with Crippen LogP contribution >= 0.6 is 0 Å². The number of benzene rings is 2. The van der Waals surface area contributed by atoms with Crippen LogP contribution in [-0.2, 0) is 11.2 Å². The van der Waals surface area contributed by atoms with Crippen LogP contribution in [0.1, 0.15) is 46.7 Å². The number of piperidine rings is 1. The first-order valence-electron chi connectivity index (χ1n) is 9.99. The van der Waals surface area contributed by atoms with Crippen molar-refractivity contribution in [3.63, 3.8) is 0 Å². The van der Waals surface area contributed by atoms with E-state index in [1.807, 2.05) is 17.0 Å². The molecular weight excluding hydrogens is 376 g/mol. The van der Waals surface area contributed by atoms with Gasteiger partial charge in [0.1, 0.15) is 11.6 Å². The smallest absolute Gasteiger partial charge is 0.335 e. The topological polar surface area (TPSA) is 57.6 Å². The minimum Gasteiger partial charge on any atom is -0.478 e. The summed E-state index contributed by atoms with van der Waals surface area (Å²) in [5.74, 6) is -2.02. The summed E-state index contributed by atoms with van der Waals surface area (Å²) in [6, 6.07) is 10.4. The van der Waals surface area contributed by atoms with E-state index in [2.05, 4.69) is 0 Å². The molecular formula is C23H23F2NO3. The molecule has 2 atom stereocenters. The van der Waals surface area contributed by atoms with Crippen molar-refractivity contribution in [2.45, 2.75) is 31.6 Å². The number of carboxylic acids is 1. The number of aromatic carboxylic acids is 1. The number of halogens is 2. The second-order valence-electron chi connectivity index (χ2n) is 8.05. The van der Waals surface area contributed by atoms with Gasteiger partial charge in [0.05, 0.1) is 5.56 Å². The van der Waals surface area contributed by atoms with Gasteiger partial charge in [0, 0.05) is 19.0 Å². The van der Waals surface area contributed by atoms with Crippen LogP contribution < -0.4 is 0 Å². The number of likely N-dealkylation sites (tertiary alicyclic amines) is 1. The molecule has 1 N–H and O–H groups in total. The number of amides is 1. The van der Waals surface area contributed by atoms with Gasteiger partial charge in [-0.1, -0.05) is 18.2 Å². The fourth-order valence-corrected chi connectivity index (χ4v) is 4.42. The number of hydrogen-bond acceptors (Lipinski definition) is 2. The van der Waals surface area contributed by atoms with Crippen LogP contribution in [0.3, 0.4) is 0 Å². The van der Waals surface area contributed by atoms with Crippen LogP contribution in [0.2, 0.25) is 0 Å². The van der Waals surface area contributed by atoms with E-state index in [1.165, 1.54) is 6.07 Å². The van der Waals surface area contributed by atoms with Gasteiger partial charge in [0.15, 0.2) is 0 Å². The van der Waals surface area contributed by atoms with Crippen LogP contribution in [0.5, 0.6) is 0 Å². The molecule has 0 bridgehead atoms. The van der Waals surface area contributed by atoms with Gasteiger partial charge in [0.2, 0.25) is 5.91 Å². The second kappa shape index (κ2) is 7.93. The summed E-state index contributed by atoms with van der Waals surface area (Å²) in [6.45, 7) is 1.24. The third-order valence-electron chi connectivity index (χ3n) is 6.15. The maximum Gasteiger partial charge on any atom is 0.335 e. The molecule has 1 saturated carbocycles. The molecule has 0 aromatic heterocycles. The maximum atomic E-state index is 14.0. The summed E-state index contributed by atoms with van der Waals surface area (Å²) in [7, 11) is 0. The molecule has 1 amide bonds. The Labute approximate surface area is 168 Å². The summed E-state index contributed by atoms with van der Waals surface area (Å²) in [6.07, 6.45) is 2.87. The number of nitrogens with zero attached hydrogens (tertiary/aromatic N) is 1. The van der Waals surface area contributed by atoms with E-state index in [9.17, 15) is 23.5 Å². The quantitative estimate of drug-likeness (QED) is 0.818. The van der Waals surface area contributed by atoms with Gasteiger partial charge in [-0.3, -0.25) is 4.79 Å². The van der Waals surface area contributed by atoms with Crippen molar-refractivity contribution in [2.75, 3.05) is 13.1 Å². The minimum absolute atomic E-state index is 0.0167. The molecule has 2 aromatic rings. The summed E-state index contributed by atoms with van der Waals surface area (Å²) < 4.78 is 27.4. The van der Waals surface area contributed by atoms with Gasteiger partial charge >= 0.3 is 5.97 Å². The van der Waals surface area contributed by atoms with Crippen molar-refractivity contribution in [1.29, 1.82) is 0 Å². The summed E-state index contributed by atoms with van der Waals surface area (Å²) >= 11 is 0. The van der Waals surface area contributed by atoms with E-state index in [1.54, 1.807) is 12.1 Å². The van der Waals surface area contributed by atoms with Crippen molar-refractivity contribution >= 4 is 11.9 Å². The first kappa shape index (κ1) is 19.6. The number of carboxylic acid groups (broad SMARTS) is 1. The first-order valence-corrected chi connectivity index (χ1v) is 9.99. The molecule has 4 nitrogen and oxygen atoms in total. The largest absolute Gasteiger partial charge is 0.478 e. The van der Waals surface area contributed by atoms with Gasteiger partial charge in [-0.25, -0.2) is 13.6 Å². The lowest BCUT2D eigenvalue weighted by atomic mass is 9.88. The van der Waals surface area contributed by atoms with E-state index in [0.717, 1.165) is 30.5 Å². The highest BCUT2D eigenvalue weighted by atomic mass is 19.1. The van der Waals surface area contributed by atoms with Crippen molar-refractivity contribution < 1.29 is 23.5 Å². The van der Waals surface area contributed by atoms with E-state index in [4.69, 9.17) is 0 Å². The Morgan fingerprint density at radius 2 is 1.79 bits per heavy atom. The van der Waals surface area contributed by atoms with Gasteiger partial charge in [-0.2, -0.15) is 0 Å². The molecule has 1 heterocycles. The van der Waals surface area contributed by atoms with Crippen LogP contribution in [0.4, 0.5) is 8.78 Å². The second-order valence-corrected chi connectivity index (χ2v) is 8.05. The molecule has 4 rings (SSSR count). The molecule has 0 spiro atoms. The molecule has 2 unspecified atom stereocenters. The monoisotopic (exact) mass is 399 g/mol. The van der Waals surface area contributed by atoms with Crippen molar-refractivity contribution in [2.24, 2.45) is 11.8 Å². The van der Waals surface area contributed by atoms with Crippen LogP contribution in [-0.4, -0.2) is 35.0 Å². The van der Waals surface area contributed by atoms with E-state index in [-0.39, 0.29) is 17.7 Å². The highest BCUT2D eigenvalue weighted by molar-refractivity contribution is 5.89. The molecule has 6 heteroatoms. The lowest BCUT2D eigenvalue weighted by molar-refractivity contribution is -0.134. The van der Waals surface area contributed by atoms with Gasteiger partial charge < -0.3 is 10.0 Å². The Bertz CT molecular complexity index is 937. The van der Waals surface area contributed by atoms with Gasteiger partial charge in [-0.05, 0) is 72.9 Å². The van der Waals surface area contributed by atoms with E-state index in [0.29, 0.717) is 43.0 Å². The molecule has 2 aromatic carbocycles. The van der Waals surface area contributed by atoms with Crippen molar-refractivity contribution in [1.82, 2.24) is 4.90 Å². The fourth-order valence-electron chi connectivity index (χ4n) is 4.42. The molecule has 2 aliphatic rings. The Kier molecular flexibility index (Phi) is 5.35. The molecule has 1 aliphatic heterocycles. The lowest BCUT2D eigenvalue weighted by Crippen LogP contribution is -2.40. The predicted octanol–water partition coefficient (Wildman–Crippen LogP) is 4.25. The number of carbonyl (C=O) groups is 2. The van der Waals surface area contributed by atoms with Crippen LogP contribution in [0.15, 0.2) is 42.5 Å². The number of hydrogen-bond donors (Lipinski definition) is 1. The maximum absolute atomic E-state index is 14.0. The standard InChI is InChI=1S/C23H23F2NO3/c24-16-5-6-21(25)19(12-16)18-13-20(18)22(27)26-9-7-14(8-10-26)11-15-3-1-2-4-17(15)23(28)29/h1-6,12,14,18,20H,7-11,13H2,(H,28,29). The molecule has 1 aliphatic carbocycles. The summed E-state index contributed by atoms with van der Waals surface area (Å²) in [5.41, 5.74) is 1.46. The lowest BCUT2D eigenvalue weighted by Gasteiger charge is -2.32. The average molecular weight is 399 g/mol. The van der Waals surface area contributed by atoms with E-state index < -0.39 is 17.6 Å². The highest BCUT2D eigenvalue weighted by Gasteiger charge is 2.47. The zero-order valence-electron chi connectivity index (χ0n) is 16.0. The SMILES string of the molecule is O=C(O)c1ccccc1CC1CCN(C(=O)C2CC2c2cc(F)ccc2F)CC1. The first-order chi connectivity index (χ1) is 13.9. The van der Waals surface area contributed by atoms with Gasteiger partial charge in [0.25, 0.3) is 0 Å². The third-order valence-corrected chi connectivity index (χ3v) is 6.15. The van der Waals surface area contributed by atoms with Gasteiger partial charge in [-0.15, -0.1) is 0 Å². The number of carbonyl (C=O) groups excluding carboxylic acids is 1. The van der Waals surface area contributed by atoms with Crippen LogP contribution in [0.25, 0.3) is 0 Å². The van der Waals surface area contributed by atoms with Crippen LogP contribution in [0, 0.1) is 23.5 Å². The Hall–Kier alpha value is -2.76. The van der Waals surface area contributed by atoms with Crippen molar-refractivity contribution in [3.8, 4) is 0 Å². The molecule has 2 fully saturated rings. The minimum atomic E-state index is -0.919. The molecule has 1 saturated heterocycles. The Morgan fingerprint density at radius 3 is 2.52 bits per heavy atom. The summed E-state index contributed by atoms with van der Waals surface area (Å²) in [5, 5.41) is 9.33. The molecule has 29 heavy (non-hydrogen) atoms. The zero-order chi connectivity index (χ0) is 20.5. The average Bonchev–Trinajstić information content (AvgIpc) is 3.51.